The second-order valence-electron chi connectivity index (χ2n) is 2.53. The lowest BCUT2D eigenvalue weighted by molar-refractivity contribution is 1.42. The highest BCUT2D eigenvalue weighted by Gasteiger charge is 2.04. The number of allylic oxidation sites excluding steroid dienone is 2. The van der Waals surface area contributed by atoms with Crippen molar-refractivity contribution in [2.75, 3.05) is 0 Å². The first kappa shape index (κ1) is 12.6. The topological polar surface area (TPSA) is 24.7 Å². The quantitative estimate of drug-likeness (QED) is 0.604. The minimum Gasteiger partial charge on any atom is -0.237 e. The van der Waals surface area contributed by atoms with E-state index in [1.807, 2.05) is 33.8 Å². The van der Waals surface area contributed by atoms with Gasteiger partial charge in [0.15, 0.2) is 5.84 Å². The van der Waals surface area contributed by atoms with Crippen LogP contribution in [0.1, 0.15) is 27.7 Å². The maximum absolute atomic E-state index is 4.17. The first-order valence-corrected chi connectivity index (χ1v) is 4.85. The molecule has 0 saturated heterocycles. The lowest BCUT2D eigenvalue weighted by atomic mass is 10.1. The normalized spacial score (nSPS) is 20.1. The zero-order chi connectivity index (χ0) is 11.0. The Balaban J connectivity index is 0.000000791. The zero-order valence-electron chi connectivity index (χ0n) is 9.41. The highest BCUT2D eigenvalue weighted by Crippen LogP contribution is 2.10. The number of amidine groups is 1. The molecule has 0 aromatic rings. The second-order valence-corrected chi connectivity index (χ2v) is 2.53. The van der Waals surface area contributed by atoms with Gasteiger partial charge in [0.25, 0.3) is 0 Å². The Labute approximate surface area is 86.5 Å². The average Bonchev–Trinajstić information content (AvgIpc) is 2.24. The van der Waals surface area contributed by atoms with Crippen LogP contribution in [0.25, 0.3) is 0 Å². The average molecular weight is 190 g/mol. The third kappa shape index (κ3) is 3.52. The van der Waals surface area contributed by atoms with E-state index in [0.717, 1.165) is 17.0 Å². The maximum Gasteiger partial charge on any atom is 0.158 e. The molecule has 0 aromatic carbocycles. The molecule has 0 atom stereocenters. The summed E-state index contributed by atoms with van der Waals surface area (Å²) in [5.74, 6) is 0.734. The van der Waals surface area contributed by atoms with Crippen LogP contribution in [0.4, 0.5) is 0 Å². The van der Waals surface area contributed by atoms with Crippen LogP contribution in [0.3, 0.4) is 0 Å². The van der Waals surface area contributed by atoms with Crippen LogP contribution in [0, 0.1) is 0 Å². The van der Waals surface area contributed by atoms with Crippen molar-refractivity contribution < 1.29 is 0 Å². The summed E-state index contributed by atoms with van der Waals surface area (Å²) in [5, 5.41) is 0. The summed E-state index contributed by atoms with van der Waals surface area (Å²) in [7, 11) is 0. The molecule has 1 heterocycles. The summed E-state index contributed by atoms with van der Waals surface area (Å²) in [5.41, 5.74) is 2.20. The summed E-state index contributed by atoms with van der Waals surface area (Å²) in [6.45, 7) is 11.5. The van der Waals surface area contributed by atoms with Gasteiger partial charge in [0.2, 0.25) is 0 Å². The highest BCUT2D eigenvalue weighted by atomic mass is 14.9. The third-order valence-corrected chi connectivity index (χ3v) is 1.56. The molecule has 0 aromatic heterocycles. The van der Waals surface area contributed by atoms with Gasteiger partial charge in [-0.25, -0.2) is 9.98 Å². The third-order valence-electron chi connectivity index (χ3n) is 1.56. The van der Waals surface area contributed by atoms with Crippen LogP contribution in [0.5, 0.6) is 0 Å². The van der Waals surface area contributed by atoms with Crippen molar-refractivity contribution in [1.82, 2.24) is 0 Å². The fraction of sp³-hybridized carbons (Fsp3) is 0.333. The van der Waals surface area contributed by atoms with E-state index in [1.165, 1.54) is 6.20 Å². The largest absolute Gasteiger partial charge is 0.237 e. The van der Waals surface area contributed by atoms with Gasteiger partial charge in [-0.2, -0.15) is 0 Å². The standard InChI is InChI=1S/C10H12N2.C2H6/c1-4-9-6-8(3)7-12-10(9)11-5-2;1-2/h4-7H,2H2,1,3H3;1-2H3/b9-4-,11-10?;. The second kappa shape index (κ2) is 7.01. The Morgan fingerprint density at radius 3 is 2.57 bits per heavy atom. The van der Waals surface area contributed by atoms with Crippen molar-refractivity contribution in [3.05, 3.63) is 36.1 Å². The zero-order valence-corrected chi connectivity index (χ0v) is 9.41. The van der Waals surface area contributed by atoms with Crippen LogP contribution in [-0.2, 0) is 0 Å². The predicted octanol–water partition coefficient (Wildman–Crippen LogP) is 3.53. The van der Waals surface area contributed by atoms with Gasteiger partial charge in [0.1, 0.15) is 0 Å². The Hall–Kier alpha value is -1.44. The molecule has 0 aliphatic carbocycles. The molecule has 1 rings (SSSR count). The number of hydrogen-bond acceptors (Lipinski definition) is 1. The Bertz CT molecular complexity index is 304. The lowest BCUT2D eigenvalue weighted by Gasteiger charge is -2.06. The minimum atomic E-state index is 0.734. The molecular formula is C12H18N2. The van der Waals surface area contributed by atoms with Gasteiger partial charge in [-0.3, -0.25) is 0 Å². The molecule has 0 spiro atoms. The van der Waals surface area contributed by atoms with Crippen LogP contribution >= 0.6 is 0 Å². The highest BCUT2D eigenvalue weighted by molar-refractivity contribution is 6.10. The molecule has 1 aliphatic heterocycles. The number of dihydropyridines is 1. The Morgan fingerprint density at radius 2 is 2.07 bits per heavy atom. The summed E-state index contributed by atoms with van der Waals surface area (Å²) in [4.78, 5) is 8.21. The molecule has 0 unspecified atom stereocenters. The molecule has 2 heteroatoms. The van der Waals surface area contributed by atoms with Crippen LogP contribution in [0.15, 0.2) is 46.1 Å². The first-order chi connectivity index (χ1) is 6.77. The summed E-state index contributed by atoms with van der Waals surface area (Å²) in [6.07, 6.45) is 7.34. The predicted molar refractivity (Wildman–Crippen MR) is 65.0 cm³/mol. The first-order valence-electron chi connectivity index (χ1n) is 4.85. The van der Waals surface area contributed by atoms with Gasteiger partial charge < -0.3 is 0 Å². The van der Waals surface area contributed by atoms with E-state index in [2.05, 4.69) is 22.6 Å². The molecule has 76 valence electrons. The van der Waals surface area contributed by atoms with Crippen molar-refractivity contribution in [1.29, 1.82) is 0 Å². The van der Waals surface area contributed by atoms with Gasteiger partial charge in [-0.15, -0.1) is 0 Å². The van der Waals surface area contributed by atoms with E-state index >= 15 is 0 Å². The number of aliphatic imine (C=N–C) groups is 2. The van der Waals surface area contributed by atoms with Gasteiger partial charge in [-0.1, -0.05) is 26.5 Å². The van der Waals surface area contributed by atoms with Gasteiger partial charge >= 0.3 is 0 Å². The molecule has 14 heavy (non-hydrogen) atoms. The number of rotatable bonds is 1. The fourth-order valence-electron chi connectivity index (χ4n) is 0.991. The minimum absolute atomic E-state index is 0.734. The molecule has 0 saturated carbocycles. The monoisotopic (exact) mass is 190 g/mol. The van der Waals surface area contributed by atoms with E-state index in [4.69, 9.17) is 0 Å². The van der Waals surface area contributed by atoms with E-state index in [0.29, 0.717) is 0 Å². The van der Waals surface area contributed by atoms with Crippen molar-refractivity contribution in [2.45, 2.75) is 27.7 Å². The van der Waals surface area contributed by atoms with Crippen LogP contribution in [-0.4, -0.2) is 12.1 Å². The number of hydrogen-bond donors (Lipinski definition) is 0. The van der Waals surface area contributed by atoms with Crippen LogP contribution < -0.4 is 0 Å². The molecule has 0 amide bonds. The van der Waals surface area contributed by atoms with Gasteiger partial charge in [0.05, 0.1) is 0 Å². The molecule has 1 aliphatic rings. The lowest BCUT2D eigenvalue weighted by Crippen LogP contribution is -2.03. The van der Waals surface area contributed by atoms with Crippen molar-refractivity contribution >= 4 is 12.1 Å². The molecule has 0 bridgehead atoms. The molecular weight excluding hydrogens is 172 g/mol. The van der Waals surface area contributed by atoms with Gasteiger partial charge in [-0.05, 0) is 25.5 Å². The Kier molecular flexibility index (Phi) is 6.29. The van der Waals surface area contributed by atoms with E-state index in [1.54, 1.807) is 6.21 Å². The van der Waals surface area contributed by atoms with E-state index in [-0.39, 0.29) is 0 Å². The van der Waals surface area contributed by atoms with E-state index < -0.39 is 0 Å². The summed E-state index contributed by atoms with van der Waals surface area (Å²) >= 11 is 0. The Morgan fingerprint density at radius 1 is 1.43 bits per heavy atom. The summed E-state index contributed by atoms with van der Waals surface area (Å²) < 4.78 is 0. The van der Waals surface area contributed by atoms with Crippen LogP contribution in [0.2, 0.25) is 0 Å². The smallest absolute Gasteiger partial charge is 0.158 e. The molecule has 2 nitrogen and oxygen atoms in total. The van der Waals surface area contributed by atoms with Crippen molar-refractivity contribution in [2.24, 2.45) is 9.98 Å². The maximum atomic E-state index is 4.17. The molecule has 0 fully saturated rings. The van der Waals surface area contributed by atoms with Gasteiger partial charge in [0, 0.05) is 18.0 Å². The fourth-order valence-corrected chi connectivity index (χ4v) is 0.991. The van der Waals surface area contributed by atoms with E-state index in [9.17, 15) is 0 Å². The summed E-state index contributed by atoms with van der Waals surface area (Å²) in [6, 6.07) is 0. The number of nitrogens with zero attached hydrogens (tertiary/aromatic N) is 2. The molecule has 0 radical (unpaired) electrons. The molecule has 0 N–H and O–H groups in total. The van der Waals surface area contributed by atoms with Crippen molar-refractivity contribution in [3.63, 3.8) is 0 Å². The van der Waals surface area contributed by atoms with Crippen molar-refractivity contribution in [3.8, 4) is 0 Å². The SMILES string of the molecule is C=CN=C1N=CC(C)=C/C1=C/C.CC.